The maximum absolute atomic E-state index is 9.67. The maximum atomic E-state index is 9.67. The molecule has 0 aliphatic heterocycles. The predicted octanol–water partition coefficient (Wildman–Crippen LogP) is 1.68. The second kappa shape index (κ2) is 3.36. The second-order valence-electron chi connectivity index (χ2n) is 2.99. The molecule has 1 aromatic rings. The van der Waals surface area contributed by atoms with Gasteiger partial charge < -0.3 is 10.2 Å². The van der Waals surface area contributed by atoms with Crippen molar-refractivity contribution in [2.75, 3.05) is 0 Å². The number of benzene rings is 1. The van der Waals surface area contributed by atoms with E-state index in [9.17, 15) is 10.2 Å². The largest absolute Gasteiger partial charge is 0.506 e. The minimum Gasteiger partial charge on any atom is -0.506 e. The topological polar surface area (TPSA) is 40.5 Å². The molecule has 0 aromatic heterocycles. The molecule has 0 saturated carbocycles. The van der Waals surface area contributed by atoms with Crippen LogP contribution in [0.2, 0.25) is 0 Å². The quantitative estimate of drug-likeness (QED) is 0.478. The molecule has 2 N–H and O–H groups in total. The zero-order valence-electron chi connectivity index (χ0n) is 8.05. The second-order valence-corrected chi connectivity index (χ2v) is 2.99. The Kier molecular flexibility index (Phi) is 2.40. The van der Waals surface area contributed by atoms with Crippen LogP contribution >= 0.6 is 0 Å². The number of rotatable bonds is 0. The fourth-order valence-electron chi connectivity index (χ4n) is 1.25. The van der Waals surface area contributed by atoms with Crippen molar-refractivity contribution in [2.24, 2.45) is 0 Å². The van der Waals surface area contributed by atoms with Gasteiger partial charge in [-0.3, -0.25) is 0 Å². The number of phenolic OH excluding ortho intramolecular Hbond substituents is 2. The Morgan fingerprint density at radius 1 is 0.857 bits per heavy atom. The van der Waals surface area contributed by atoms with E-state index in [-0.39, 0.29) is 22.6 Å². The molecule has 1 rings (SSSR count). The summed E-state index contributed by atoms with van der Waals surface area (Å²) in [4.78, 5) is 0. The smallest absolute Gasteiger partial charge is 0.135 e. The first-order valence-corrected chi connectivity index (χ1v) is 4.02. The normalized spacial score (nSPS) is 9.14. The van der Waals surface area contributed by atoms with Gasteiger partial charge in [-0.05, 0) is 25.0 Å². The monoisotopic (exact) mass is 186 g/mol. The number of hydrogen-bond acceptors (Lipinski definition) is 2. The Balaban J connectivity index is 3.79. The number of terminal acetylenes is 2. The fourth-order valence-corrected chi connectivity index (χ4v) is 1.25. The van der Waals surface area contributed by atoms with Gasteiger partial charge >= 0.3 is 0 Å². The lowest BCUT2D eigenvalue weighted by molar-refractivity contribution is 0.450. The van der Waals surface area contributed by atoms with Gasteiger partial charge in [-0.2, -0.15) is 0 Å². The van der Waals surface area contributed by atoms with Crippen molar-refractivity contribution >= 4 is 0 Å². The molecule has 0 aliphatic rings. The van der Waals surface area contributed by atoms with E-state index in [2.05, 4.69) is 11.8 Å². The highest BCUT2D eigenvalue weighted by Crippen LogP contribution is 2.35. The average Bonchev–Trinajstić information content (AvgIpc) is 2.20. The van der Waals surface area contributed by atoms with Gasteiger partial charge in [0.05, 0.1) is 11.1 Å². The molecule has 0 unspecified atom stereocenters. The molecule has 0 aliphatic carbocycles. The molecule has 2 nitrogen and oxygen atoms in total. The summed E-state index contributed by atoms with van der Waals surface area (Å²) in [5.41, 5.74) is 1.45. The highest BCUT2D eigenvalue weighted by molar-refractivity contribution is 5.67. The van der Waals surface area contributed by atoms with Crippen LogP contribution in [-0.2, 0) is 0 Å². The van der Waals surface area contributed by atoms with Crippen molar-refractivity contribution in [3.05, 3.63) is 22.3 Å². The van der Waals surface area contributed by atoms with Gasteiger partial charge in [0, 0.05) is 0 Å². The molecule has 14 heavy (non-hydrogen) atoms. The van der Waals surface area contributed by atoms with Crippen LogP contribution < -0.4 is 0 Å². The molecule has 0 spiro atoms. The zero-order valence-corrected chi connectivity index (χ0v) is 8.05. The standard InChI is InChI=1S/C12H10O2/c1-5-9-10(6-2)12(14)8(4)7(3)11(9)13/h1-2,13-14H,3-4H3. The van der Waals surface area contributed by atoms with Crippen molar-refractivity contribution in [3.63, 3.8) is 0 Å². The molecule has 0 saturated heterocycles. The summed E-state index contributed by atoms with van der Waals surface area (Å²) in [5, 5.41) is 19.3. The molecule has 0 fully saturated rings. The third-order valence-corrected chi connectivity index (χ3v) is 2.29. The lowest BCUT2D eigenvalue weighted by Crippen LogP contribution is -1.93. The molecule has 2 heteroatoms. The van der Waals surface area contributed by atoms with E-state index in [1.807, 2.05) is 0 Å². The van der Waals surface area contributed by atoms with Crippen LogP contribution in [0.5, 0.6) is 11.5 Å². The maximum Gasteiger partial charge on any atom is 0.135 e. The summed E-state index contributed by atoms with van der Waals surface area (Å²) in [6.45, 7) is 3.34. The molecular weight excluding hydrogens is 176 g/mol. The van der Waals surface area contributed by atoms with Gasteiger partial charge in [-0.1, -0.05) is 11.8 Å². The molecular formula is C12H10O2. The van der Waals surface area contributed by atoms with Gasteiger partial charge in [-0.25, -0.2) is 0 Å². The van der Waals surface area contributed by atoms with Gasteiger partial charge in [0.1, 0.15) is 11.5 Å². The Hall–Kier alpha value is -2.06. The van der Waals surface area contributed by atoms with Gasteiger partial charge in [-0.15, -0.1) is 12.8 Å². The van der Waals surface area contributed by atoms with Crippen molar-refractivity contribution < 1.29 is 10.2 Å². The fraction of sp³-hybridized carbons (Fsp3) is 0.167. The molecule has 0 heterocycles. The number of hydrogen-bond donors (Lipinski definition) is 2. The highest BCUT2D eigenvalue weighted by Gasteiger charge is 2.16. The van der Waals surface area contributed by atoms with Crippen LogP contribution in [0, 0.1) is 38.5 Å². The van der Waals surface area contributed by atoms with E-state index in [0.29, 0.717) is 11.1 Å². The third kappa shape index (κ3) is 1.18. The minimum atomic E-state index is -0.0317. The van der Waals surface area contributed by atoms with Gasteiger partial charge in [0.2, 0.25) is 0 Å². The van der Waals surface area contributed by atoms with E-state index in [4.69, 9.17) is 12.8 Å². The molecule has 1 aromatic carbocycles. The van der Waals surface area contributed by atoms with Crippen LogP contribution in [0.4, 0.5) is 0 Å². The first-order chi connectivity index (χ1) is 6.54. The van der Waals surface area contributed by atoms with Crippen LogP contribution in [0.25, 0.3) is 0 Å². The van der Waals surface area contributed by atoms with E-state index in [1.165, 1.54) is 0 Å². The lowest BCUT2D eigenvalue weighted by Gasteiger charge is -2.11. The van der Waals surface area contributed by atoms with Crippen LogP contribution in [0.3, 0.4) is 0 Å². The van der Waals surface area contributed by atoms with Crippen LogP contribution in [0.15, 0.2) is 0 Å². The Bertz CT molecular complexity index is 426. The van der Waals surface area contributed by atoms with Crippen molar-refractivity contribution in [3.8, 4) is 36.2 Å². The van der Waals surface area contributed by atoms with E-state index >= 15 is 0 Å². The van der Waals surface area contributed by atoms with Crippen molar-refractivity contribution in [1.29, 1.82) is 0 Å². The zero-order chi connectivity index (χ0) is 10.9. The predicted molar refractivity (Wildman–Crippen MR) is 55.1 cm³/mol. The van der Waals surface area contributed by atoms with Crippen LogP contribution in [0.1, 0.15) is 22.3 Å². The molecule has 0 atom stereocenters. The van der Waals surface area contributed by atoms with E-state index in [0.717, 1.165) is 0 Å². The Labute approximate surface area is 83.2 Å². The molecule has 70 valence electrons. The Morgan fingerprint density at radius 2 is 1.14 bits per heavy atom. The van der Waals surface area contributed by atoms with E-state index in [1.54, 1.807) is 13.8 Å². The summed E-state index contributed by atoms with van der Waals surface area (Å²) in [7, 11) is 0. The summed E-state index contributed by atoms with van der Waals surface area (Å²) < 4.78 is 0. The van der Waals surface area contributed by atoms with Gasteiger partial charge in [0.25, 0.3) is 0 Å². The first-order valence-electron chi connectivity index (χ1n) is 4.02. The first kappa shape index (κ1) is 10.0. The van der Waals surface area contributed by atoms with Crippen molar-refractivity contribution in [1.82, 2.24) is 0 Å². The highest BCUT2D eigenvalue weighted by atomic mass is 16.3. The minimum absolute atomic E-state index is 0.0317. The molecule has 0 radical (unpaired) electrons. The Morgan fingerprint density at radius 3 is 1.36 bits per heavy atom. The summed E-state index contributed by atoms with van der Waals surface area (Å²) in [5.74, 6) is 4.48. The summed E-state index contributed by atoms with van der Waals surface area (Å²) in [6, 6.07) is 0. The van der Waals surface area contributed by atoms with Crippen molar-refractivity contribution in [2.45, 2.75) is 13.8 Å². The molecule has 0 amide bonds. The average molecular weight is 186 g/mol. The van der Waals surface area contributed by atoms with Crippen LogP contribution in [-0.4, -0.2) is 10.2 Å². The van der Waals surface area contributed by atoms with Gasteiger partial charge in [0.15, 0.2) is 0 Å². The van der Waals surface area contributed by atoms with E-state index < -0.39 is 0 Å². The number of phenols is 2. The third-order valence-electron chi connectivity index (χ3n) is 2.29. The SMILES string of the molecule is C#Cc1c(O)c(C)c(C)c(O)c1C#C. The summed E-state index contributed by atoms with van der Waals surface area (Å²) in [6.07, 6.45) is 10.4. The summed E-state index contributed by atoms with van der Waals surface area (Å²) >= 11 is 0. The number of aromatic hydroxyl groups is 2. The lowest BCUT2D eigenvalue weighted by atomic mass is 9.97. The molecule has 0 bridgehead atoms.